The first-order chi connectivity index (χ1) is 4.57. The van der Waals surface area contributed by atoms with Gasteiger partial charge >= 0.3 is 0 Å². The molecule has 4 heteroatoms. The Kier molecular flexibility index (Phi) is 3.17. The number of aliphatic hydroxyl groups is 1. The first-order valence-electron chi connectivity index (χ1n) is 2.74. The van der Waals surface area contributed by atoms with Gasteiger partial charge in [0.15, 0.2) is 0 Å². The van der Waals surface area contributed by atoms with Crippen molar-refractivity contribution in [2.75, 3.05) is 7.05 Å². The predicted molar refractivity (Wildman–Crippen MR) is 41.4 cm³/mol. The minimum atomic E-state index is -0.0810. The molecule has 0 heterocycles. The van der Waals surface area contributed by atoms with Crippen molar-refractivity contribution in [1.29, 1.82) is 5.41 Å². The Balaban J connectivity index is 4.18. The van der Waals surface area contributed by atoms with Gasteiger partial charge in [0.05, 0.1) is 0 Å². The monoisotopic (exact) mass is 141 g/mol. The zero-order chi connectivity index (χ0) is 8.15. The Hall–Kier alpha value is -1.32. The Morgan fingerprint density at radius 2 is 2.30 bits per heavy atom. The van der Waals surface area contributed by atoms with Crippen LogP contribution in [0.5, 0.6) is 0 Å². The van der Waals surface area contributed by atoms with E-state index in [0.29, 0.717) is 0 Å². The quantitative estimate of drug-likeness (QED) is 0.349. The van der Waals surface area contributed by atoms with E-state index in [2.05, 4.69) is 11.8 Å². The Bertz CT molecular complexity index is 174. The zero-order valence-electron chi connectivity index (χ0n) is 6.13. The van der Waals surface area contributed by atoms with Crippen LogP contribution < -0.4 is 0 Å². The molecular weight excluding hydrogens is 130 g/mol. The summed E-state index contributed by atoms with van der Waals surface area (Å²) in [5.41, 5.74) is 0.271. The summed E-state index contributed by atoms with van der Waals surface area (Å²) in [5.74, 6) is -0.0810. The highest BCUT2D eigenvalue weighted by Gasteiger charge is 1.96. The van der Waals surface area contributed by atoms with Gasteiger partial charge in [0.25, 0.3) is 0 Å². The van der Waals surface area contributed by atoms with Gasteiger partial charge in [0.2, 0.25) is 5.88 Å². The second kappa shape index (κ2) is 3.66. The summed E-state index contributed by atoms with van der Waals surface area (Å²) in [7, 11) is 1.54. The Labute approximate surface area is 60.0 Å². The molecule has 0 amide bonds. The zero-order valence-corrected chi connectivity index (χ0v) is 6.13. The second-order valence-electron chi connectivity index (χ2n) is 1.85. The summed E-state index contributed by atoms with van der Waals surface area (Å²) < 4.78 is 0. The van der Waals surface area contributed by atoms with Crippen LogP contribution in [0.4, 0.5) is 0 Å². The fraction of sp³-hybridized carbons (Fsp3) is 0.333. The van der Waals surface area contributed by atoms with Crippen LogP contribution in [0.1, 0.15) is 6.92 Å². The maximum Gasteiger partial charge on any atom is 0.209 e. The fourth-order valence-corrected chi connectivity index (χ4v) is 0.360. The van der Waals surface area contributed by atoms with E-state index in [1.54, 1.807) is 14.0 Å². The van der Waals surface area contributed by atoms with Crippen LogP contribution in [-0.2, 0) is 0 Å². The molecule has 0 unspecified atom stereocenters. The second-order valence-corrected chi connectivity index (χ2v) is 1.85. The molecule has 4 nitrogen and oxygen atoms in total. The van der Waals surface area contributed by atoms with Crippen molar-refractivity contribution in [2.45, 2.75) is 6.92 Å². The highest BCUT2D eigenvalue weighted by Crippen LogP contribution is 1.95. The highest BCUT2D eigenvalue weighted by atomic mass is 16.3. The molecule has 0 radical (unpaired) electrons. The summed E-state index contributed by atoms with van der Waals surface area (Å²) in [4.78, 5) is 0. The lowest BCUT2D eigenvalue weighted by Crippen LogP contribution is -2.09. The largest absolute Gasteiger partial charge is 0.493 e. The molecule has 2 N–H and O–H groups in total. The van der Waals surface area contributed by atoms with Crippen molar-refractivity contribution >= 4 is 12.4 Å². The van der Waals surface area contributed by atoms with Crippen LogP contribution in [0.15, 0.2) is 17.1 Å². The lowest BCUT2D eigenvalue weighted by atomic mass is 10.4. The van der Waals surface area contributed by atoms with Gasteiger partial charge in [0.1, 0.15) is 0 Å². The van der Waals surface area contributed by atoms with Crippen LogP contribution in [-0.4, -0.2) is 29.6 Å². The number of nitrogens with zero attached hydrogens (tertiary/aromatic N) is 2. The molecule has 0 rings (SSSR count). The van der Waals surface area contributed by atoms with Crippen LogP contribution in [0.3, 0.4) is 0 Å². The van der Waals surface area contributed by atoms with Gasteiger partial charge in [-0.25, -0.2) is 5.01 Å². The molecule has 0 spiro atoms. The Morgan fingerprint density at radius 3 is 2.60 bits per heavy atom. The third-order valence-electron chi connectivity index (χ3n) is 0.889. The van der Waals surface area contributed by atoms with Gasteiger partial charge in [-0.15, -0.1) is 0 Å². The van der Waals surface area contributed by atoms with E-state index in [9.17, 15) is 0 Å². The molecule has 56 valence electrons. The van der Waals surface area contributed by atoms with Gasteiger partial charge in [-0.1, -0.05) is 0 Å². The van der Waals surface area contributed by atoms with Crippen molar-refractivity contribution in [2.24, 2.45) is 5.10 Å². The SMILES string of the molecule is C=NN(C)/C(O)=C\C(C)=N. The van der Waals surface area contributed by atoms with Crippen molar-refractivity contribution in [1.82, 2.24) is 5.01 Å². The van der Waals surface area contributed by atoms with E-state index in [4.69, 9.17) is 10.5 Å². The minimum absolute atomic E-state index is 0.0810. The van der Waals surface area contributed by atoms with E-state index in [-0.39, 0.29) is 11.6 Å². The van der Waals surface area contributed by atoms with Crippen molar-refractivity contribution in [3.8, 4) is 0 Å². The maximum atomic E-state index is 9.00. The number of hydrogen-bond acceptors (Lipinski definition) is 4. The number of hydrazone groups is 1. The molecule has 0 bridgehead atoms. The average molecular weight is 141 g/mol. The van der Waals surface area contributed by atoms with E-state index in [1.807, 2.05) is 0 Å². The molecule has 0 atom stereocenters. The fourth-order valence-electron chi connectivity index (χ4n) is 0.360. The first kappa shape index (κ1) is 8.68. The third-order valence-corrected chi connectivity index (χ3v) is 0.889. The first-order valence-corrected chi connectivity index (χ1v) is 2.74. The molecule has 0 aliphatic rings. The van der Waals surface area contributed by atoms with Crippen LogP contribution in [0, 0.1) is 5.41 Å². The lowest BCUT2D eigenvalue weighted by molar-refractivity contribution is 0.242. The summed E-state index contributed by atoms with van der Waals surface area (Å²) in [6, 6.07) is 0. The topological polar surface area (TPSA) is 59.7 Å². The number of hydrogen-bond donors (Lipinski definition) is 2. The van der Waals surface area contributed by atoms with E-state index >= 15 is 0 Å². The molecule has 10 heavy (non-hydrogen) atoms. The van der Waals surface area contributed by atoms with Gasteiger partial charge in [-0.05, 0) is 6.92 Å². The van der Waals surface area contributed by atoms with Crippen LogP contribution in [0.2, 0.25) is 0 Å². The summed E-state index contributed by atoms with van der Waals surface area (Å²) in [6.45, 7) is 4.76. The van der Waals surface area contributed by atoms with Crippen molar-refractivity contribution in [3.63, 3.8) is 0 Å². The standard InChI is InChI=1S/C6H11N3O/c1-5(7)4-6(10)9(3)8-2/h4,7,10H,2H2,1,3H3/b6-4+,7-5?. The number of aliphatic hydroxyl groups excluding tert-OH is 1. The average Bonchev–Trinajstić information content (AvgIpc) is 1.85. The molecule has 0 aliphatic heterocycles. The van der Waals surface area contributed by atoms with Crippen LogP contribution in [0.25, 0.3) is 0 Å². The van der Waals surface area contributed by atoms with Gasteiger partial charge in [-0.3, -0.25) is 0 Å². The Morgan fingerprint density at radius 1 is 1.80 bits per heavy atom. The van der Waals surface area contributed by atoms with Gasteiger partial charge in [-0.2, -0.15) is 5.10 Å². The summed E-state index contributed by atoms with van der Waals surface area (Å²) >= 11 is 0. The number of nitrogens with one attached hydrogen (secondary N) is 1. The third kappa shape index (κ3) is 2.86. The molecule has 0 aromatic heterocycles. The molecular formula is C6H11N3O. The van der Waals surface area contributed by atoms with E-state index in [0.717, 1.165) is 0 Å². The highest BCUT2D eigenvalue weighted by molar-refractivity contribution is 5.90. The predicted octanol–water partition coefficient (Wildman–Crippen LogP) is 0.973. The van der Waals surface area contributed by atoms with Crippen molar-refractivity contribution in [3.05, 3.63) is 12.0 Å². The maximum absolute atomic E-state index is 9.00. The smallest absolute Gasteiger partial charge is 0.209 e. The number of allylic oxidation sites excluding steroid dienone is 1. The lowest BCUT2D eigenvalue weighted by Gasteiger charge is -2.08. The van der Waals surface area contributed by atoms with E-state index < -0.39 is 0 Å². The molecule has 0 saturated carbocycles. The number of rotatable bonds is 3. The molecule has 0 aromatic rings. The van der Waals surface area contributed by atoms with Gasteiger partial charge in [0, 0.05) is 25.6 Å². The van der Waals surface area contributed by atoms with E-state index in [1.165, 1.54) is 11.1 Å². The minimum Gasteiger partial charge on any atom is -0.493 e. The molecule has 0 aliphatic carbocycles. The van der Waals surface area contributed by atoms with Crippen molar-refractivity contribution < 1.29 is 5.11 Å². The normalized spacial score (nSPS) is 10.8. The van der Waals surface area contributed by atoms with Crippen LogP contribution >= 0.6 is 0 Å². The molecule has 0 aromatic carbocycles. The summed E-state index contributed by atoms with van der Waals surface area (Å²) in [5, 5.41) is 20.6. The van der Waals surface area contributed by atoms with Gasteiger partial charge < -0.3 is 10.5 Å². The molecule has 0 saturated heterocycles. The summed E-state index contributed by atoms with van der Waals surface area (Å²) in [6.07, 6.45) is 1.29. The molecule has 0 fully saturated rings.